The second kappa shape index (κ2) is 4.62. The minimum Gasteiger partial charge on any atom is -0.386 e. The first-order valence-corrected chi connectivity index (χ1v) is 6.93. The summed E-state index contributed by atoms with van der Waals surface area (Å²) in [6.45, 7) is 3.65. The van der Waals surface area contributed by atoms with E-state index in [2.05, 4.69) is 17.4 Å². The van der Waals surface area contributed by atoms with E-state index >= 15 is 0 Å². The molecule has 1 atom stereocenters. The van der Waals surface area contributed by atoms with Gasteiger partial charge in [-0.25, -0.2) is 0 Å². The average Bonchev–Trinajstić information content (AvgIpc) is 2.42. The number of β-amino-alcohol motifs (C(OH)–C–C–N with tert-alkyl or cyclic N) is 1. The molecule has 4 nitrogen and oxygen atoms in total. The summed E-state index contributed by atoms with van der Waals surface area (Å²) in [7, 11) is 0. The molecule has 1 unspecified atom stereocenters. The lowest BCUT2D eigenvalue weighted by Crippen LogP contribution is -2.66. The molecule has 0 spiro atoms. The predicted octanol–water partition coefficient (Wildman–Crippen LogP) is 0.684. The molecule has 3 rings (SSSR count). The summed E-state index contributed by atoms with van der Waals surface area (Å²) < 4.78 is 0. The average molecular weight is 260 g/mol. The molecule has 0 radical (unpaired) electrons. The molecule has 102 valence electrons. The molecule has 1 aromatic rings. The van der Waals surface area contributed by atoms with Crippen LogP contribution in [0.3, 0.4) is 0 Å². The highest BCUT2D eigenvalue weighted by Gasteiger charge is 2.44. The van der Waals surface area contributed by atoms with Crippen molar-refractivity contribution in [2.24, 2.45) is 0 Å². The quantitative estimate of drug-likeness (QED) is 0.822. The highest BCUT2D eigenvalue weighted by molar-refractivity contribution is 5.83. The van der Waals surface area contributed by atoms with Gasteiger partial charge in [-0.05, 0) is 24.0 Å². The van der Waals surface area contributed by atoms with Crippen LogP contribution in [0.25, 0.3) is 0 Å². The Morgan fingerprint density at radius 2 is 2.11 bits per heavy atom. The van der Waals surface area contributed by atoms with Crippen LogP contribution >= 0.6 is 0 Å². The molecule has 2 heterocycles. The van der Waals surface area contributed by atoms with Crippen LogP contribution in [0.4, 0.5) is 0 Å². The van der Waals surface area contributed by atoms with Gasteiger partial charge in [0.15, 0.2) is 0 Å². The van der Waals surface area contributed by atoms with Crippen molar-refractivity contribution in [2.45, 2.75) is 38.0 Å². The maximum Gasteiger partial charge on any atom is 0.240 e. The summed E-state index contributed by atoms with van der Waals surface area (Å²) in [5, 5.41) is 13.3. The van der Waals surface area contributed by atoms with Gasteiger partial charge in [-0.1, -0.05) is 31.2 Å². The Morgan fingerprint density at radius 3 is 2.79 bits per heavy atom. The molecule has 19 heavy (non-hydrogen) atoms. The van der Waals surface area contributed by atoms with E-state index < -0.39 is 5.60 Å². The van der Waals surface area contributed by atoms with E-state index in [0.29, 0.717) is 19.5 Å². The van der Waals surface area contributed by atoms with Crippen molar-refractivity contribution in [3.05, 3.63) is 35.4 Å². The van der Waals surface area contributed by atoms with E-state index in [1.165, 1.54) is 11.1 Å². The van der Waals surface area contributed by atoms with E-state index in [0.717, 1.165) is 13.0 Å². The molecule has 4 heteroatoms. The van der Waals surface area contributed by atoms with Gasteiger partial charge in [-0.3, -0.25) is 4.79 Å². The molecule has 0 aromatic heterocycles. The van der Waals surface area contributed by atoms with E-state index in [1.54, 1.807) is 4.90 Å². The number of hydrogen-bond donors (Lipinski definition) is 2. The molecule has 0 saturated carbocycles. The molecule has 1 amide bonds. The third kappa shape index (κ3) is 2.26. The van der Waals surface area contributed by atoms with E-state index in [4.69, 9.17) is 0 Å². The number of carbonyl (C=O) groups excluding carboxylic acids is 1. The van der Waals surface area contributed by atoms with Gasteiger partial charge in [0.25, 0.3) is 0 Å². The van der Waals surface area contributed by atoms with Crippen molar-refractivity contribution >= 4 is 5.91 Å². The Hall–Kier alpha value is -1.39. The fraction of sp³-hybridized carbons (Fsp3) is 0.533. The van der Waals surface area contributed by atoms with Crippen molar-refractivity contribution in [3.63, 3.8) is 0 Å². The molecule has 2 aliphatic rings. The summed E-state index contributed by atoms with van der Waals surface area (Å²) in [6.07, 6.45) is 1.45. The Labute approximate surface area is 113 Å². The van der Waals surface area contributed by atoms with Gasteiger partial charge in [0, 0.05) is 6.54 Å². The zero-order valence-electron chi connectivity index (χ0n) is 11.2. The third-order valence-electron chi connectivity index (χ3n) is 4.32. The SMILES string of the molecule is CCC1(O)CN(C(=O)C2Cc3ccccc3CN2)C1. The number of aliphatic hydroxyl groups is 1. The molecule has 1 aromatic carbocycles. The first-order chi connectivity index (χ1) is 9.11. The molecule has 0 bridgehead atoms. The highest BCUT2D eigenvalue weighted by atomic mass is 16.3. The second-order valence-corrected chi connectivity index (χ2v) is 5.68. The minimum atomic E-state index is -0.651. The van der Waals surface area contributed by atoms with Crippen LogP contribution in [-0.2, 0) is 17.8 Å². The largest absolute Gasteiger partial charge is 0.386 e. The van der Waals surface area contributed by atoms with Crippen LogP contribution in [0, 0.1) is 0 Å². The number of likely N-dealkylation sites (tertiary alicyclic amines) is 1. The maximum atomic E-state index is 12.3. The molecule has 0 aliphatic carbocycles. The number of hydrogen-bond acceptors (Lipinski definition) is 3. The normalized spacial score (nSPS) is 24.5. The fourth-order valence-corrected chi connectivity index (χ4v) is 2.89. The minimum absolute atomic E-state index is 0.118. The summed E-state index contributed by atoms with van der Waals surface area (Å²) in [4.78, 5) is 14.1. The Balaban J connectivity index is 1.64. The smallest absolute Gasteiger partial charge is 0.240 e. The maximum absolute atomic E-state index is 12.3. The number of rotatable bonds is 2. The van der Waals surface area contributed by atoms with Crippen LogP contribution in [0.1, 0.15) is 24.5 Å². The number of nitrogens with one attached hydrogen (secondary N) is 1. The number of amides is 1. The van der Waals surface area contributed by atoms with Crippen LogP contribution in [0.2, 0.25) is 0 Å². The Kier molecular flexibility index (Phi) is 3.07. The third-order valence-corrected chi connectivity index (χ3v) is 4.32. The van der Waals surface area contributed by atoms with Crippen molar-refractivity contribution in [2.75, 3.05) is 13.1 Å². The lowest BCUT2D eigenvalue weighted by Gasteiger charge is -2.47. The zero-order valence-corrected chi connectivity index (χ0v) is 11.2. The van der Waals surface area contributed by atoms with Gasteiger partial charge in [0.1, 0.15) is 0 Å². The molecule has 1 saturated heterocycles. The van der Waals surface area contributed by atoms with Crippen molar-refractivity contribution in [1.29, 1.82) is 0 Å². The van der Waals surface area contributed by atoms with Gasteiger partial charge in [0.05, 0.1) is 24.7 Å². The van der Waals surface area contributed by atoms with Gasteiger partial charge in [-0.15, -0.1) is 0 Å². The summed E-state index contributed by atoms with van der Waals surface area (Å²) in [6, 6.07) is 8.10. The van der Waals surface area contributed by atoms with E-state index in [9.17, 15) is 9.90 Å². The number of fused-ring (bicyclic) bond motifs is 1. The molecule has 1 fully saturated rings. The van der Waals surface area contributed by atoms with Gasteiger partial charge in [-0.2, -0.15) is 0 Å². The second-order valence-electron chi connectivity index (χ2n) is 5.68. The van der Waals surface area contributed by atoms with Gasteiger partial charge < -0.3 is 15.3 Å². The summed E-state index contributed by atoms with van der Waals surface area (Å²) >= 11 is 0. The standard InChI is InChI=1S/C15H20N2O2/c1-2-15(19)9-17(10-15)14(18)13-7-11-5-3-4-6-12(11)8-16-13/h3-6,13,16,19H,2,7-10H2,1H3. The molecule has 2 N–H and O–H groups in total. The predicted molar refractivity (Wildman–Crippen MR) is 72.6 cm³/mol. The van der Waals surface area contributed by atoms with Gasteiger partial charge >= 0.3 is 0 Å². The fourth-order valence-electron chi connectivity index (χ4n) is 2.89. The summed E-state index contributed by atoms with van der Waals surface area (Å²) in [5.41, 5.74) is 1.88. The van der Waals surface area contributed by atoms with Crippen molar-refractivity contribution in [3.8, 4) is 0 Å². The van der Waals surface area contributed by atoms with Gasteiger partial charge in [0.2, 0.25) is 5.91 Å². The zero-order chi connectivity index (χ0) is 13.5. The first kappa shape index (κ1) is 12.6. The van der Waals surface area contributed by atoms with Crippen LogP contribution in [0.15, 0.2) is 24.3 Å². The van der Waals surface area contributed by atoms with Crippen molar-refractivity contribution in [1.82, 2.24) is 10.2 Å². The highest BCUT2D eigenvalue weighted by Crippen LogP contribution is 2.26. The number of benzene rings is 1. The van der Waals surface area contributed by atoms with E-state index in [-0.39, 0.29) is 11.9 Å². The van der Waals surface area contributed by atoms with Crippen LogP contribution in [0.5, 0.6) is 0 Å². The topological polar surface area (TPSA) is 52.6 Å². The Morgan fingerprint density at radius 1 is 1.42 bits per heavy atom. The lowest BCUT2D eigenvalue weighted by molar-refractivity contribution is -0.158. The molecule has 2 aliphatic heterocycles. The molecular formula is C15H20N2O2. The van der Waals surface area contributed by atoms with E-state index in [1.807, 2.05) is 19.1 Å². The van der Waals surface area contributed by atoms with Crippen molar-refractivity contribution < 1.29 is 9.90 Å². The number of carbonyl (C=O) groups is 1. The molecular weight excluding hydrogens is 240 g/mol. The Bertz CT molecular complexity index is 495. The number of nitrogens with zero attached hydrogens (tertiary/aromatic N) is 1. The monoisotopic (exact) mass is 260 g/mol. The van der Waals surface area contributed by atoms with Crippen LogP contribution in [-0.4, -0.2) is 40.6 Å². The first-order valence-electron chi connectivity index (χ1n) is 6.93. The summed E-state index contributed by atoms with van der Waals surface area (Å²) in [5.74, 6) is 0.118. The lowest BCUT2D eigenvalue weighted by atomic mass is 9.89. The van der Waals surface area contributed by atoms with Crippen LogP contribution < -0.4 is 5.32 Å².